The average molecular weight is 274 g/mol. The number of rotatable bonds is 1. The highest BCUT2D eigenvalue weighted by molar-refractivity contribution is 9.10. The number of nitrogen functional groups attached to an aromatic ring is 1. The summed E-state index contributed by atoms with van der Waals surface area (Å²) in [5.74, 6) is -2.10. The van der Waals surface area contributed by atoms with Crippen molar-refractivity contribution < 1.29 is 22.3 Å². The van der Waals surface area contributed by atoms with Gasteiger partial charge in [0.1, 0.15) is 0 Å². The van der Waals surface area contributed by atoms with Crippen LogP contribution in [0.2, 0.25) is 0 Å². The molecule has 0 atom stereocenters. The molecule has 0 radical (unpaired) electrons. The molecule has 1 aromatic carbocycles. The largest absolute Gasteiger partial charge is 0.573 e. The van der Waals surface area contributed by atoms with E-state index in [-0.39, 0.29) is 10.2 Å². The first-order valence-electron chi connectivity index (χ1n) is 3.30. The Morgan fingerprint density at radius 1 is 1.29 bits per heavy atom. The van der Waals surface area contributed by atoms with Gasteiger partial charge in [-0.2, -0.15) is 0 Å². The third-order valence-electron chi connectivity index (χ3n) is 1.24. The highest BCUT2D eigenvalue weighted by Crippen LogP contribution is 2.34. The minimum atomic E-state index is -4.93. The molecular weight excluding hydrogens is 270 g/mol. The van der Waals surface area contributed by atoms with Gasteiger partial charge in [0, 0.05) is 11.8 Å². The second kappa shape index (κ2) is 3.64. The molecule has 0 heterocycles. The maximum Gasteiger partial charge on any atom is 0.573 e. The maximum atomic E-state index is 12.9. The van der Waals surface area contributed by atoms with Crippen molar-refractivity contribution in [3.8, 4) is 5.75 Å². The SMILES string of the molecule is Nc1cc(F)c(OC(F)(F)F)c(Br)c1. The zero-order valence-corrected chi connectivity index (χ0v) is 8.12. The van der Waals surface area contributed by atoms with E-state index in [1.807, 2.05) is 0 Å². The first-order valence-corrected chi connectivity index (χ1v) is 4.09. The van der Waals surface area contributed by atoms with Gasteiger partial charge in [-0.25, -0.2) is 4.39 Å². The molecule has 2 nitrogen and oxygen atoms in total. The van der Waals surface area contributed by atoms with Crippen LogP contribution in [0.4, 0.5) is 23.2 Å². The number of anilines is 1. The van der Waals surface area contributed by atoms with Gasteiger partial charge < -0.3 is 10.5 Å². The van der Waals surface area contributed by atoms with Gasteiger partial charge >= 0.3 is 6.36 Å². The molecule has 0 aliphatic rings. The lowest BCUT2D eigenvalue weighted by Gasteiger charge is -2.11. The number of ether oxygens (including phenoxy) is 1. The first-order chi connectivity index (χ1) is 6.29. The van der Waals surface area contributed by atoms with Crippen LogP contribution in [0, 0.1) is 5.82 Å². The number of alkyl halides is 3. The Labute approximate surface area is 84.8 Å². The summed E-state index contributed by atoms with van der Waals surface area (Å²) in [6, 6.07) is 1.86. The van der Waals surface area contributed by atoms with Crippen LogP contribution >= 0.6 is 15.9 Å². The Morgan fingerprint density at radius 3 is 2.29 bits per heavy atom. The predicted molar refractivity (Wildman–Crippen MR) is 45.2 cm³/mol. The van der Waals surface area contributed by atoms with E-state index < -0.39 is 17.9 Å². The normalized spacial score (nSPS) is 11.5. The van der Waals surface area contributed by atoms with E-state index in [2.05, 4.69) is 20.7 Å². The summed E-state index contributed by atoms with van der Waals surface area (Å²) in [4.78, 5) is 0. The third kappa shape index (κ3) is 2.76. The average Bonchev–Trinajstić information content (AvgIpc) is 1.95. The van der Waals surface area contributed by atoms with E-state index in [9.17, 15) is 17.6 Å². The summed E-state index contributed by atoms with van der Waals surface area (Å²) in [7, 11) is 0. The number of halogens is 5. The van der Waals surface area contributed by atoms with Crippen molar-refractivity contribution in [2.24, 2.45) is 0 Å². The van der Waals surface area contributed by atoms with Crippen LogP contribution in [-0.2, 0) is 0 Å². The van der Waals surface area contributed by atoms with Crippen LogP contribution in [0.3, 0.4) is 0 Å². The lowest BCUT2D eigenvalue weighted by molar-refractivity contribution is -0.275. The molecule has 0 aliphatic carbocycles. The summed E-state index contributed by atoms with van der Waals surface area (Å²) in [5, 5.41) is 0. The fraction of sp³-hybridized carbons (Fsp3) is 0.143. The summed E-state index contributed by atoms with van der Waals surface area (Å²) in [5.41, 5.74) is 5.19. The van der Waals surface area contributed by atoms with Gasteiger partial charge in [-0.05, 0) is 22.0 Å². The van der Waals surface area contributed by atoms with E-state index >= 15 is 0 Å². The quantitative estimate of drug-likeness (QED) is 0.631. The summed E-state index contributed by atoms with van der Waals surface area (Å²) in [6.07, 6.45) is -4.93. The lowest BCUT2D eigenvalue weighted by Crippen LogP contribution is -2.18. The molecule has 14 heavy (non-hydrogen) atoms. The van der Waals surface area contributed by atoms with Crippen molar-refractivity contribution in [1.82, 2.24) is 0 Å². The van der Waals surface area contributed by atoms with Crippen LogP contribution in [-0.4, -0.2) is 6.36 Å². The van der Waals surface area contributed by atoms with E-state index in [4.69, 9.17) is 5.73 Å². The van der Waals surface area contributed by atoms with Gasteiger partial charge in [0.05, 0.1) is 4.47 Å². The monoisotopic (exact) mass is 273 g/mol. The van der Waals surface area contributed by atoms with Crippen LogP contribution < -0.4 is 10.5 Å². The highest BCUT2D eigenvalue weighted by atomic mass is 79.9. The van der Waals surface area contributed by atoms with Gasteiger partial charge in [-0.1, -0.05) is 0 Å². The molecule has 2 N–H and O–H groups in total. The van der Waals surface area contributed by atoms with Crippen LogP contribution in [0.25, 0.3) is 0 Å². The van der Waals surface area contributed by atoms with Crippen molar-refractivity contribution in [1.29, 1.82) is 0 Å². The molecule has 0 spiro atoms. The first kappa shape index (κ1) is 11.1. The van der Waals surface area contributed by atoms with Gasteiger partial charge in [-0.3, -0.25) is 0 Å². The summed E-state index contributed by atoms with van der Waals surface area (Å²) in [6.45, 7) is 0. The van der Waals surface area contributed by atoms with Gasteiger partial charge in [-0.15, -0.1) is 13.2 Å². The van der Waals surface area contributed by atoms with Gasteiger partial charge in [0.2, 0.25) is 0 Å². The smallest absolute Gasteiger partial charge is 0.401 e. The summed E-state index contributed by atoms with van der Waals surface area (Å²) < 4.78 is 51.4. The molecule has 0 unspecified atom stereocenters. The number of benzene rings is 1. The Hall–Kier alpha value is -0.980. The van der Waals surface area contributed by atoms with Crippen molar-refractivity contribution in [3.05, 3.63) is 22.4 Å². The molecule has 0 aromatic heterocycles. The molecule has 1 aromatic rings. The molecule has 0 amide bonds. The Bertz CT molecular complexity index is 329. The van der Waals surface area contributed by atoms with Gasteiger partial charge in [0.25, 0.3) is 0 Å². The number of hydrogen-bond acceptors (Lipinski definition) is 2. The van der Waals surface area contributed by atoms with E-state index in [0.29, 0.717) is 0 Å². The molecule has 78 valence electrons. The van der Waals surface area contributed by atoms with Crippen molar-refractivity contribution in [2.75, 3.05) is 5.73 Å². The Morgan fingerprint density at radius 2 is 1.86 bits per heavy atom. The van der Waals surface area contributed by atoms with Gasteiger partial charge in [0.15, 0.2) is 11.6 Å². The van der Waals surface area contributed by atoms with Crippen LogP contribution in [0.5, 0.6) is 5.75 Å². The summed E-state index contributed by atoms with van der Waals surface area (Å²) >= 11 is 2.71. The lowest BCUT2D eigenvalue weighted by atomic mass is 10.3. The zero-order valence-electron chi connectivity index (χ0n) is 6.53. The van der Waals surface area contributed by atoms with Crippen LogP contribution in [0.15, 0.2) is 16.6 Å². The Balaban J connectivity index is 3.09. The zero-order chi connectivity index (χ0) is 10.9. The predicted octanol–water partition coefficient (Wildman–Crippen LogP) is 3.07. The Kier molecular flexibility index (Phi) is 2.89. The second-order valence-electron chi connectivity index (χ2n) is 2.36. The van der Waals surface area contributed by atoms with E-state index in [0.717, 1.165) is 12.1 Å². The molecular formula is C7H4BrF4NO. The van der Waals surface area contributed by atoms with Crippen molar-refractivity contribution >= 4 is 21.6 Å². The van der Waals surface area contributed by atoms with E-state index in [1.54, 1.807) is 0 Å². The topological polar surface area (TPSA) is 35.2 Å². The van der Waals surface area contributed by atoms with E-state index in [1.165, 1.54) is 0 Å². The van der Waals surface area contributed by atoms with Crippen LogP contribution in [0.1, 0.15) is 0 Å². The molecule has 0 saturated carbocycles. The molecule has 0 fully saturated rings. The minimum absolute atomic E-state index is 0.00361. The fourth-order valence-corrected chi connectivity index (χ4v) is 1.33. The molecule has 0 saturated heterocycles. The third-order valence-corrected chi connectivity index (χ3v) is 1.83. The minimum Gasteiger partial charge on any atom is -0.401 e. The maximum absolute atomic E-state index is 12.9. The number of hydrogen-bond donors (Lipinski definition) is 1. The number of nitrogens with two attached hydrogens (primary N) is 1. The standard InChI is InChI=1S/C7H4BrF4NO/c8-4-1-3(13)2-5(9)6(4)14-7(10,11)12/h1-2H,13H2. The molecule has 0 aliphatic heterocycles. The molecule has 7 heteroatoms. The molecule has 0 bridgehead atoms. The second-order valence-corrected chi connectivity index (χ2v) is 3.22. The van der Waals surface area contributed by atoms with Crippen molar-refractivity contribution in [3.63, 3.8) is 0 Å². The highest BCUT2D eigenvalue weighted by Gasteiger charge is 2.33. The fourth-order valence-electron chi connectivity index (χ4n) is 0.793. The van der Waals surface area contributed by atoms with Crippen molar-refractivity contribution in [2.45, 2.75) is 6.36 Å². The molecule has 1 rings (SSSR count).